The van der Waals surface area contributed by atoms with Crippen LogP contribution in [0.3, 0.4) is 0 Å². The maximum Gasteiger partial charge on any atom is 0.338 e. The minimum atomic E-state index is -0.953. The van der Waals surface area contributed by atoms with Gasteiger partial charge in [-0.2, -0.15) is 0 Å². The number of esters is 1. The molecule has 3 amide bonds. The van der Waals surface area contributed by atoms with E-state index < -0.39 is 42.0 Å². The smallest absolute Gasteiger partial charge is 0.338 e. The summed E-state index contributed by atoms with van der Waals surface area (Å²) in [6.45, 7) is 8.30. The third-order valence-corrected chi connectivity index (χ3v) is 9.32. The Labute approximate surface area is 304 Å². The molecule has 13 heteroatoms. The number of carboxylic acids is 1. The molecular formula is C38H51N5O7S. The van der Waals surface area contributed by atoms with Crippen molar-refractivity contribution in [2.24, 2.45) is 11.8 Å². The van der Waals surface area contributed by atoms with E-state index in [4.69, 9.17) is 4.74 Å². The van der Waals surface area contributed by atoms with Crippen molar-refractivity contribution >= 4 is 41.0 Å². The molecule has 51 heavy (non-hydrogen) atoms. The van der Waals surface area contributed by atoms with Gasteiger partial charge in [0.1, 0.15) is 10.7 Å². The number of carboxylic acid groups (broad SMARTS) is 1. The summed E-state index contributed by atoms with van der Waals surface area (Å²) in [4.78, 5) is 70.2. The van der Waals surface area contributed by atoms with Gasteiger partial charge in [0.2, 0.25) is 11.8 Å². The minimum Gasteiger partial charge on any atom is -0.481 e. The number of nitrogens with one attached hydrogen (secondary N) is 3. The third kappa shape index (κ3) is 14.3. The first kappa shape index (κ1) is 40.8. The van der Waals surface area contributed by atoms with Gasteiger partial charge in [0.25, 0.3) is 5.91 Å². The van der Waals surface area contributed by atoms with Crippen LogP contribution in [0.15, 0.2) is 66.0 Å². The second kappa shape index (κ2) is 20.9. The zero-order valence-electron chi connectivity index (χ0n) is 30.1. The fraction of sp³-hybridized carbons (Fsp3) is 0.474. The highest BCUT2D eigenvalue weighted by Crippen LogP contribution is 2.29. The van der Waals surface area contributed by atoms with Crippen LogP contribution in [0, 0.1) is 11.8 Å². The zero-order valence-corrected chi connectivity index (χ0v) is 30.9. The second-order valence-electron chi connectivity index (χ2n) is 13.2. The van der Waals surface area contributed by atoms with E-state index in [-0.39, 0.29) is 49.4 Å². The van der Waals surface area contributed by atoms with Crippen LogP contribution in [0.5, 0.6) is 0 Å². The molecule has 4 atom stereocenters. The van der Waals surface area contributed by atoms with Gasteiger partial charge in [0.05, 0.1) is 24.6 Å². The Hall–Kier alpha value is -4.62. The molecular weight excluding hydrogens is 671 g/mol. The molecule has 0 saturated heterocycles. The third-order valence-electron chi connectivity index (χ3n) is 8.38. The van der Waals surface area contributed by atoms with Gasteiger partial charge in [-0.25, -0.2) is 9.78 Å². The van der Waals surface area contributed by atoms with Gasteiger partial charge in [-0.3, -0.25) is 24.1 Å². The summed E-state index contributed by atoms with van der Waals surface area (Å²) < 4.78 is 5.98. The molecule has 12 nitrogen and oxygen atoms in total. The molecule has 1 aromatic heterocycles. The van der Waals surface area contributed by atoms with Gasteiger partial charge in [0.15, 0.2) is 6.10 Å². The number of nitrogens with zero attached hydrogens (tertiary/aromatic N) is 2. The van der Waals surface area contributed by atoms with Crippen LogP contribution in [0.1, 0.15) is 90.9 Å². The number of aliphatic carboxylic acids is 1. The average Bonchev–Trinajstić information content (AvgIpc) is 3.60. The molecule has 3 rings (SSSR count). The number of carbonyl (C=O) groups is 5. The van der Waals surface area contributed by atoms with Crippen LogP contribution in [0.2, 0.25) is 0 Å². The first-order valence-electron chi connectivity index (χ1n) is 17.4. The molecule has 4 N–H and O–H groups in total. The van der Waals surface area contributed by atoms with Crippen molar-refractivity contribution in [2.75, 3.05) is 26.7 Å². The van der Waals surface area contributed by atoms with E-state index in [0.29, 0.717) is 17.0 Å². The zero-order chi connectivity index (χ0) is 37.3. The van der Waals surface area contributed by atoms with E-state index >= 15 is 0 Å². The Morgan fingerprint density at radius 3 is 2.22 bits per heavy atom. The van der Waals surface area contributed by atoms with Gasteiger partial charge in [-0.15, -0.1) is 11.3 Å². The number of benzene rings is 2. The van der Waals surface area contributed by atoms with Crippen molar-refractivity contribution in [1.29, 1.82) is 0 Å². The summed E-state index contributed by atoms with van der Waals surface area (Å²) >= 11 is 1.15. The Morgan fingerprint density at radius 1 is 0.922 bits per heavy atom. The lowest BCUT2D eigenvalue weighted by atomic mass is 9.96. The van der Waals surface area contributed by atoms with Crippen LogP contribution < -0.4 is 16.0 Å². The molecule has 0 aliphatic rings. The monoisotopic (exact) mass is 721 g/mol. The molecule has 0 radical (unpaired) electrons. The highest BCUT2D eigenvalue weighted by Gasteiger charge is 2.29. The first-order chi connectivity index (χ1) is 24.4. The standard InChI is InChI=1S/C38H51N5O7S/c1-6-7-18-43(5)23-34(45)39-22-33(44)41-30(25(2)3)21-32(50-38(49)28-16-12-9-13-17-28)36-42-31(24-51-36)35(46)40-29(19-26(4)37(47)48)20-27-14-10-8-11-15-27/h8-17,24-26,29-30,32H,6-7,18-23H2,1-5H3,(H,39,45)(H,40,46)(H,41,44)(H,47,48). The highest BCUT2D eigenvalue weighted by molar-refractivity contribution is 7.09. The number of hydrogen-bond donors (Lipinski definition) is 4. The molecule has 0 bridgehead atoms. The fourth-order valence-corrected chi connectivity index (χ4v) is 6.20. The van der Waals surface area contributed by atoms with Gasteiger partial charge < -0.3 is 25.8 Å². The second-order valence-corrected chi connectivity index (χ2v) is 14.1. The van der Waals surface area contributed by atoms with Gasteiger partial charge in [-0.05, 0) is 56.5 Å². The normalized spacial score (nSPS) is 13.5. The van der Waals surface area contributed by atoms with Crippen molar-refractivity contribution in [3.8, 4) is 0 Å². The number of unbranched alkanes of at least 4 members (excludes halogenated alkanes) is 1. The predicted octanol–water partition coefficient (Wildman–Crippen LogP) is 4.87. The lowest BCUT2D eigenvalue weighted by molar-refractivity contribution is -0.141. The van der Waals surface area contributed by atoms with Crippen LogP contribution in [0.25, 0.3) is 0 Å². The number of rotatable bonds is 21. The number of carbonyl (C=O) groups excluding carboxylic acids is 4. The van der Waals surface area contributed by atoms with Gasteiger partial charge in [0, 0.05) is 23.9 Å². The summed E-state index contributed by atoms with van der Waals surface area (Å²) in [5.41, 5.74) is 1.39. The van der Waals surface area contributed by atoms with Crippen LogP contribution in [0.4, 0.5) is 0 Å². The molecule has 4 unspecified atom stereocenters. The van der Waals surface area contributed by atoms with Crippen molar-refractivity contribution in [3.63, 3.8) is 0 Å². The maximum absolute atomic E-state index is 13.5. The van der Waals surface area contributed by atoms with E-state index in [9.17, 15) is 29.1 Å². The number of likely N-dealkylation sites (N-methyl/N-ethyl adjacent to an activating group) is 1. The summed E-state index contributed by atoms with van der Waals surface area (Å²) in [5.74, 6) is -3.42. The molecule has 0 fully saturated rings. The van der Waals surface area contributed by atoms with Crippen LogP contribution in [-0.4, -0.2) is 83.4 Å². The minimum absolute atomic E-state index is 0.0829. The molecule has 0 spiro atoms. The Kier molecular flexibility index (Phi) is 16.7. The maximum atomic E-state index is 13.5. The molecule has 1 heterocycles. The average molecular weight is 722 g/mol. The molecule has 0 aliphatic carbocycles. The molecule has 0 saturated carbocycles. The van der Waals surface area contributed by atoms with E-state index in [1.165, 1.54) is 0 Å². The summed E-state index contributed by atoms with van der Waals surface area (Å²) in [6.07, 6.45) is 1.90. The lowest BCUT2D eigenvalue weighted by Crippen LogP contribution is -2.46. The van der Waals surface area contributed by atoms with E-state index in [0.717, 1.165) is 36.3 Å². The van der Waals surface area contributed by atoms with Gasteiger partial charge >= 0.3 is 11.9 Å². The predicted molar refractivity (Wildman–Crippen MR) is 196 cm³/mol. The number of hydrogen-bond acceptors (Lipinski definition) is 9. The molecule has 2 aromatic carbocycles. The van der Waals surface area contributed by atoms with Crippen LogP contribution in [-0.2, 0) is 25.5 Å². The SMILES string of the molecule is CCCCN(C)CC(=O)NCC(=O)NC(CC(OC(=O)c1ccccc1)c1nc(C(=O)NC(Cc2ccccc2)CC(C)C(=O)O)cs1)C(C)C. The van der Waals surface area contributed by atoms with E-state index in [2.05, 4.69) is 27.9 Å². The summed E-state index contributed by atoms with van der Waals surface area (Å²) in [5, 5.41) is 20.1. The lowest BCUT2D eigenvalue weighted by Gasteiger charge is -2.26. The number of aromatic nitrogens is 1. The van der Waals surface area contributed by atoms with E-state index in [1.807, 2.05) is 56.1 Å². The fourth-order valence-electron chi connectivity index (χ4n) is 5.36. The highest BCUT2D eigenvalue weighted by atomic mass is 32.1. The van der Waals surface area contributed by atoms with Crippen molar-refractivity contribution in [1.82, 2.24) is 25.8 Å². The topological polar surface area (TPSA) is 167 Å². The summed E-state index contributed by atoms with van der Waals surface area (Å²) in [7, 11) is 1.86. The Morgan fingerprint density at radius 2 is 1.59 bits per heavy atom. The number of thiazole rings is 1. The van der Waals surface area contributed by atoms with Gasteiger partial charge in [-0.1, -0.05) is 82.6 Å². The molecule has 276 valence electrons. The summed E-state index contributed by atoms with van der Waals surface area (Å²) in [6, 6.07) is 17.1. The number of ether oxygens (including phenoxy) is 1. The molecule has 0 aliphatic heterocycles. The Balaban J connectivity index is 1.77. The van der Waals surface area contributed by atoms with Crippen LogP contribution >= 0.6 is 11.3 Å². The Bertz CT molecular complexity index is 1570. The molecule has 3 aromatic rings. The first-order valence-corrected chi connectivity index (χ1v) is 18.3. The van der Waals surface area contributed by atoms with Crippen molar-refractivity contribution in [2.45, 2.75) is 78.0 Å². The largest absolute Gasteiger partial charge is 0.481 e. The van der Waals surface area contributed by atoms with Crippen molar-refractivity contribution < 1.29 is 33.8 Å². The number of amides is 3. The quantitative estimate of drug-likeness (QED) is 0.112. The van der Waals surface area contributed by atoms with Crippen molar-refractivity contribution in [3.05, 3.63) is 87.9 Å². The van der Waals surface area contributed by atoms with E-state index in [1.54, 1.807) is 42.6 Å².